The third kappa shape index (κ3) is 4.27. The lowest BCUT2D eigenvalue weighted by molar-refractivity contribution is -0.274. The van der Waals surface area contributed by atoms with Crippen LogP contribution in [0.5, 0.6) is 11.6 Å². The van der Waals surface area contributed by atoms with Gasteiger partial charge in [-0.15, -0.1) is 13.2 Å². The zero-order valence-electron chi connectivity index (χ0n) is 11.5. The number of nitrogens with zero attached hydrogens (tertiary/aromatic N) is 1. The molecule has 0 bridgehead atoms. The topological polar surface area (TPSA) is 31.4 Å². The van der Waals surface area contributed by atoms with Gasteiger partial charge in [0.2, 0.25) is 5.88 Å². The summed E-state index contributed by atoms with van der Waals surface area (Å²) in [5.74, 6) is -1.06. The molecule has 2 aromatic rings. The molecular weight excluding hydrogens is 328 g/mol. The van der Waals surface area contributed by atoms with Gasteiger partial charge in [0.1, 0.15) is 11.3 Å². The molecule has 0 N–H and O–H groups in total. The van der Waals surface area contributed by atoms with Gasteiger partial charge in [-0.3, -0.25) is 0 Å². The molecule has 0 saturated carbocycles. The maximum Gasteiger partial charge on any atom is 0.573 e. The van der Waals surface area contributed by atoms with Crippen molar-refractivity contribution in [2.75, 3.05) is 7.11 Å². The third-order valence-corrected chi connectivity index (χ3v) is 2.77. The van der Waals surface area contributed by atoms with E-state index in [1.54, 1.807) is 0 Å². The second kappa shape index (κ2) is 5.98. The van der Waals surface area contributed by atoms with Crippen molar-refractivity contribution in [3.8, 4) is 22.8 Å². The summed E-state index contributed by atoms with van der Waals surface area (Å²) in [5.41, 5.74) is -0.745. The number of alkyl halides is 6. The molecule has 0 saturated heterocycles. The van der Waals surface area contributed by atoms with Gasteiger partial charge in [0.15, 0.2) is 0 Å². The second-order valence-corrected chi connectivity index (χ2v) is 4.35. The van der Waals surface area contributed by atoms with E-state index in [0.29, 0.717) is 0 Å². The van der Waals surface area contributed by atoms with Crippen LogP contribution < -0.4 is 9.47 Å². The number of aromatic nitrogens is 1. The Labute approximate surface area is 126 Å². The van der Waals surface area contributed by atoms with Crippen molar-refractivity contribution < 1.29 is 35.8 Å². The maximum absolute atomic E-state index is 12.9. The van der Waals surface area contributed by atoms with Crippen LogP contribution in [-0.2, 0) is 6.18 Å². The number of methoxy groups -OCH3 is 1. The highest BCUT2D eigenvalue weighted by Gasteiger charge is 2.35. The van der Waals surface area contributed by atoms with Gasteiger partial charge in [-0.1, -0.05) is 12.1 Å². The molecular formula is C14H9F6NO2. The molecule has 0 aliphatic rings. The van der Waals surface area contributed by atoms with E-state index in [-0.39, 0.29) is 11.1 Å². The molecule has 0 unspecified atom stereocenters. The fourth-order valence-electron chi connectivity index (χ4n) is 1.82. The Bertz CT molecular complexity index is 679. The zero-order valence-corrected chi connectivity index (χ0v) is 11.5. The van der Waals surface area contributed by atoms with Crippen LogP contribution in [0.2, 0.25) is 0 Å². The van der Waals surface area contributed by atoms with Gasteiger partial charge in [0.05, 0.1) is 7.11 Å². The van der Waals surface area contributed by atoms with E-state index >= 15 is 0 Å². The summed E-state index contributed by atoms with van der Waals surface area (Å²) in [6.45, 7) is 0. The monoisotopic (exact) mass is 337 g/mol. The molecule has 2 rings (SSSR count). The van der Waals surface area contributed by atoms with Gasteiger partial charge in [-0.05, 0) is 23.8 Å². The maximum atomic E-state index is 12.9. The van der Waals surface area contributed by atoms with Crippen molar-refractivity contribution in [3.05, 3.63) is 42.1 Å². The predicted octanol–water partition coefficient (Wildman–Crippen LogP) is 4.67. The Balaban J connectivity index is 2.35. The average Bonchev–Trinajstić information content (AvgIpc) is 2.45. The lowest BCUT2D eigenvalue weighted by Gasteiger charge is -2.13. The van der Waals surface area contributed by atoms with Gasteiger partial charge in [0, 0.05) is 11.8 Å². The molecule has 9 heteroatoms. The first-order valence-electron chi connectivity index (χ1n) is 6.07. The molecule has 1 aromatic carbocycles. The lowest BCUT2D eigenvalue weighted by atomic mass is 10.1. The van der Waals surface area contributed by atoms with Gasteiger partial charge in [-0.2, -0.15) is 13.2 Å². The van der Waals surface area contributed by atoms with E-state index in [9.17, 15) is 26.3 Å². The number of ether oxygens (including phenoxy) is 2. The van der Waals surface area contributed by atoms with Crippen molar-refractivity contribution in [2.24, 2.45) is 0 Å². The molecule has 0 aliphatic carbocycles. The quantitative estimate of drug-likeness (QED) is 0.763. The van der Waals surface area contributed by atoms with Crippen molar-refractivity contribution in [3.63, 3.8) is 0 Å². The fraction of sp³-hybridized carbons (Fsp3) is 0.214. The molecule has 1 heterocycles. The van der Waals surface area contributed by atoms with Gasteiger partial charge < -0.3 is 9.47 Å². The Hall–Kier alpha value is -2.45. The Morgan fingerprint density at radius 2 is 1.52 bits per heavy atom. The average molecular weight is 337 g/mol. The van der Waals surface area contributed by atoms with Crippen LogP contribution in [0.25, 0.3) is 11.1 Å². The normalized spacial score (nSPS) is 12.1. The third-order valence-electron chi connectivity index (χ3n) is 2.77. The number of halogens is 6. The summed E-state index contributed by atoms with van der Waals surface area (Å²) in [4.78, 5) is 3.57. The summed E-state index contributed by atoms with van der Waals surface area (Å²) in [7, 11) is 1.06. The van der Waals surface area contributed by atoms with Crippen molar-refractivity contribution in [1.82, 2.24) is 4.98 Å². The van der Waals surface area contributed by atoms with Crippen LogP contribution in [-0.4, -0.2) is 18.5 Å². The Morgan fingerprint density at radius 1 is 0.913 bits per heavy atom. The predicted molar refractivity (Wildman–Crippen MR) is 67.9 cm³/mol. The second-order valence-electron chi connectivity index (χ2n) is 4.35. The Morgan fingerprint density at radius 3 is 2.00 bits per heavy atom. The van der Waals surface area contributed by atoms with Crippen molar-refractivity contribution >= 4 is 0 Å². The number of pyridine rings is 1. The molecule has 0 atom stereocenters. The van der Waals surface area contributed by atoms with Gasteiger partial charge >= 0.3 is 12.5 Å². The minimum atomic E-state index is -4.84. The highest BCUT2D eigenvalue weighted by Crippen LogP contribution is 2.37. The Kier molecular flexibility index (Phi) is 4.39. The highest BCUT2D eigenvalue weighted by atomic mass is 19.4. The first-order chi connectivity index (χ1) is 10.6. The minimum Gasteiger partial charge on any atom is -0.481 e. The van der Waals surface area contributed by atoms with Crippen molar-refractivity contribution in [1.29, 1.82) is 0 Å². The van der Waals surface area contributed by atoms with Crippen LogP contribution in [0.1, 0.15) is 5.56 Å². The smallest absolute Gasteiger partial charge is 0.481 e. The van der Waals surface area contributed by atoms with E-state index < -0.39 is 29.7 Å². The molecule has 0 amide bonds. The number of hydrogen-bond acceptors (Lipinski definition) is 3. The van der Waals surface area contributed by atoms with E-state index in [2.05, 4.69) is 14.5 Å². The van der Waals surface area contributed by atoms with E-state index in [1.165, 1.54) is 12.1 Å². The van der Waals surface area contributed by atoms with E-state index in [4.69, 9.17) is 0 Å². The summed E-state index contributed by atoms with van der Waals surface area (Å²) >= 11 is 0. The van der Waals surface area contributed by atoms with Gasteiger partial charge in [0.25, 0.3) is 0 Å². The first-order valence-corrected chi connectivity index (χ1v) is 6.07. The number of rotatable bonds is 3. The number of hydrogen-bond donors (Lipinski definition) is 0. The largest absolute Gasteiger partial charge is 0.573 e. The van der Waals surface area contributed by atoms with Crippen LogP contribution in [0.4, 0.5) is 26.3 Å². The van der Waals surface area contributed by atoms with E-state index in [0.717, 1.165) is 31.5 Å². The summed E-state index contributed by atoms with van der Waals surface area (Å²) in [6.07, 6.45) is -8.38. The standard InChI is InChI=1S/C14H9F6NO2/c1-22-12-11(13(15,16)17)6-9(7-21-12)8-2-4-10(5-3-8)23-14(18,19)20/h2-7H,1H3. The van der Waals surface area contributed by atoms with Crippen LogP contribution >= 0.6 is 0 Å². The molecule has 0 fully saturated rings. The molecule has 3 nitrogen and oxygen atoms in total. The molecule has 1 aromatic heterocycles. The van der Waals surface area contributed by atoms with Gasteiger partial charge in [-0.25, -0.2) is 4.98 Å². The summed E-state index contributed by atoms with van der Waals surface area (Å²) in [5, 5.41) is 0. The van der Waals surface area contributed by atoms with Crippen LogP contribution in [0.15, 0.2) is 36.5 Å². The molecule has 124 valence electrons. The molecule has 0 spiro atoms. The molecule has 23 heavy (non-hydrogen) atoms. The zero-order chi connectivity index (χ0) is 17.3. The lowest BCUT2D eigenvalue weighted by Crippen LogP contribution is -2.16. The van der Waals surface area contributed by atoms with Crippen LogP contribution in [0, 0.1) is 0 Å². The first kappa shape index (κ1) is 16.9. The summed E-state index contributed by atoms with van der Waals surface area (Å²) in [6, 6.07) is 5.21. The number of benzene rings is 1. The fourth-order valence-corrected chi connectivity index (χ4v) is 1.82. The molecule has 0 radical (unpaired) electrons. The van der Waals surface area contributed by atoms with Crippen molar-refractivity contribution in [2.45, 2.75) is 12.5 Å². The molecule has 0 aliphatic heterocycles. The SMILES string of the molecule is COc1ncc(-c2ccc(OC(F)(F)F)cc2)cc1C(F)(F)F. The summed E-state index contributed by atoms with van der Waals surface area (Å²) < 4.78 is 83.2. The minimum absolute atomic E-state index is 0.0803. The van der Waals surface area contributed by atoms with Crippen LogP contribution in [0.3, 0.4) is 0 Å². The highest BCUT2D eigenvalue weighted by molar-refractivity contribution is 5.65. The van der Waals surface area contributed by atoms with E-state index in [1.807, 2.05) is 0 Å².